The molecule has 110 valence electrons. The van der Waals surface area contributed by atoms with Gasteiger partial charge in [0.05, 0.1) is 0 Å². The van der Waals surface area contributed by atoms with Crippen molar-refractivity contribution in [3.05, 3.63) is 35.9 Å². The molecule has 2 atom stereocenters. The SMILES string of the molecule is CC(N)(C(=O)NC1CCCNC1=O)c1ccccc1.Cl. The number of halogens is 1. The molecule has 0 aliphatic carbocycles. The third-order valence-corrected chi connectivity index (χ3v) is 3.44. The van der Waals surface area contributed by atoms with Gasteiger partial charge in [0.1, 0.15) is 11.6 Å². The second-order valence-electron chi connectivity index (χ2n) is 5.03. The van der Waals surface area contributed by atoms with E-state index in [4.69, 9.17) is 5.73 Å². The molecule has 1 saturated heterocycles. The van der Waals surface area contributed by atoms with Crippen molar-refractivity contribution in [1.29, 1.82) is 0 Å². The standard InChI is InChI=1S/C14H19N3O2.ClH/c1-14(15,10-6-3-2-4-7-10)13(19)17-11-8-5-9-16-12(11)18;/h2-4,6-7,11H,5,8-9,15H2,1H3,(H,16,18)(H,17,19);1H. The number of hydrogen-bond acceptors (Lipinski definition) is 3. The first kappa shape index (κ1) is 16.5. The third-order valence-electron chi connectivity index (χ3n) is 3.44. The van der Waals surface area contributed by atoms with Crippen LogP contribution in [0.25, 0.3) is 0 Å². The summed E-state index contributed by atoms with van der Waals surface area (Å²) in [6.07, 6.45) is 1.52. The molecule has 5 nitrogen and oxygen atoms in total. The van der Waals surface area contributed by atoms with E-state index in [0.717, 1.165) is 12.0 Å². The summed E-state index contributed by atoms with van der Waals surface area (Å²) in [5, 5.41) is 5.47. The van der Waals surface area contributed by atoms with E-state index in [2.05, 4.69) is 10.6 Å². The molecule has 1 aliphatic heterocycles. The van der Waals surface area contributed by atoms with E-state index in [1.807, 2.05) is 18.2 Å². The van der Waals surface area contributed by atoms with Gasteiger partial charge in [-0.25, -0.2) is 0 Å². The van der Waals surface area contributed by atoms with Gasteiger partial charge >= 0.3 is 0 Å². The molecule has 0 saturated carbocycles. The highest BCUT2D eigenvalue weighted by molar-refractivity contribution is 5.92. The summed E-state index contributed by atoms with van der Waals surface area (Å²) in [5.74, 6) is -0.468. The van der Waals surface area contributed by atoms with Crippen molar-refractivity contribution in [2.75, 3.05) is 6.54 Å². The number of amides is 2. The van der Waals surface area contributed by atoms with Gasteiger partial charge in [0.15, 0.2) is 0 Å². The second-order valence-corrected chi connectivity index (χ2v) is 5.03. The highest BCUT2D eigenvalue weighted by Crippen LogP contribution is 2.18. The normalized spacial score (nSPS) is 21.1. The first-order valence-electron chi connectivity index (χ1n) is 6.45. The molecule has 0 radical (unpaired) electrons. The van der Waals surface area contributed by atoms with Gasteiger partial charge in [0, 0.05) is 6.54 Å². The maximum atomic E-state index is 12.3. The van der Waals surface area contributed by atoms with Crippen molar-refractivity contribution in [2.24, 2.45) is 5.73 Å². The highest BCUT2D eigenvalue weighted by atomic mass is 35.5. The summed E-state index contributed by atoms with van der Waals surface area (Å²) < 4.78 is 0. The number of benzene rings is 1. The van der Waals surface area contributed by atoms with E-state index in [1.54, 1.807) is 19.1 Å². The van der Waals surface area contributed by atoms with Crippen molar-refractivity contribution in [2.45, 2.75) is 31.3 Å². The lowest BCUT2D eigenvalue weighted by Crippen LogP contribution is -2.57. The van der Waals surface area contributed by atoms with Crippen LogP contribution in [0, 0.1) is 0 Å². The second kappa shape index (κ2) is 6.72. The Morgan fingerprint density at radius 1 is 1.40 bits per heavy atom. The fourth-order valence-electron chi connectivity index (χ4n) is 2.13. The van der Waals surface area contributed by atoms with E-state index in [9.17, 15) is 9.59 Å². The van der Waals surface area contributed by atoms with Crippen LogP contribution in [0.5, 0.6) is 0 Å². The number of carbonyl (C=O) groups excluding carboxylic acids is 2. The van der Waals surface area contributed by atoms with Crippen LogP contribution < -0.4 is 16.4 Å². The number of piperidine rings is 1. The van der Waals surface area contributed by atoms with Crippen molar-refractivity contribution in [3.63, 3.8) is 0 Å². The molecule has 1 aliphatic rings. The zero-order valence-electron chi connectivity index (χ0n) is 11.4. The van der Waals surface area contributed by atoms with Gasteiger partial charge < -0.3 is 16.4 Å². The molecule has 0 spiro atoms. The number of nitrogens with two attached hydrogens (primary N) is 1. The molecule has 2 rings (SSSR count). The minimum Gasteiger partial charge on any atom is -0.354 e. The number of hydrogen-bond donors (Lipinski definition) is 3. The van der Waals surface area contributed by atoms with Gasteiger partial charge in [-0.15, -0.1) is 12.4 Å². The average Bonchev–Trinajstić information content (AvgIpc) is 2.42. The Bertz CT molecular complexity index is 477. The molecule has 20 heavy (non-hydrogen) atoms. The monoisotopic (exact) mass is 297 g/mol. The van der Waals surface area contributed by atoms with Crippen LogP contribution in [-0.2, 0) is 15.1 Å². The maximum absolute atomic E-state index is 12.3. The largest absolute Gasteiger partial charge is 0.354 e. The quantitative estimate of drug-likeness (QED) is 0.767. The van der Waals surface area contributed by atoms with Crippen molar-refractivity contribution in [3.8, 4) is 0 Å². The summed E-state index contributed by atoms with van der Waals surface area (Å²) in [6, 6.07) is 8.67. The van der Waals surface area contributed by atoms with E-state index in [0.29, 0.717) is 13.0 Å². The van der Waals surface area contributed by atoms with Gasteiger partial charge in [-0.2, -0.15) is 0 Å². The fourth-order valence-corrected chi connectivity index (χ4v) is 2.13. The molecular formula is C14H20ClN3O2. The lowest BCUT2D eigenvalue weighted by Gasteiger charge is -2.29. The van der Waals surface area contributed by atoms with Gasteiger partial charge in [-0.3, -0.25) is 9.59 Å². The minimum atomic E-state index is -1.14. The molecule has 1 heterocycles. The minimum absolute atomic E-state index is 0. The predicted molar refractivity (Wildman–Crippen MR) is 79.4 cm³/mol. The Labute approximate surface area is 124 Å². The molecule has 1 fully saturated rings. The zero-order valence-corrected chi connectivity index (χ0v) is 12.2. The molecule has 1 aromatic carbocycles. The summed E-state index contributed by atoms with van der Waals surface area (Å²) >= 11 is 0. The molecule has 1 aromatic rings. The molecule has 4 N–H and O–H groups in total. The summed E-state index contributed by atoms with van der Waals surface area (Å²) in [6.45, 7) is 2.32. The Morgan fingerprint density at radius 2 is 2.05 bits per heavy atom. The van der Waals surface area contributed by atoms with E-state index in [1.165, 1.54) is 0 Å². The number of rotatable bonds is 3. The lowest BCUT2D eigenvalue weighted by molar-refractivity contribution is -0.132. The van der Waals surface area contributed by atoms with Crippen molar-refractivity contribution in [1.82, 2.24) is 10.6 Å². The summed E-state index contributed by atoms with van der Waals surface area (Å²) in [4.78, 5) is 23.9. The van der Waals surface area contributed by atoms with Crippen molar-refractivity contribution >= 4 is 24.2 Å². The first-order valence-corrected chi connectivity index (χ1v) is 6.45. The van der Waals surface area contributed by atoms with E-state index >= 15 is 0 Å². The smallest absolute Gasteiger partial charge is 0.245 e. The van der Waals surface area contributed by atoms with Crippen LogP contribution in [0.3, 0.4) is 0 Å². The van der Waals surface area contributed by atoms with Gasteiger partial charge in [-0.1, -0.05) is 30.3 Å². The molecule has 2 unspecified atom stereocenters. The van der Waals surface area contributed by atoms with Gasteiger partial charge in [-0.05, 0) is 25.3 Å². The maximum Gasteiger partial charge on any atom is 0.245 e. The van der Waals surface area contributed by atoms with E-state index in [-0.39, 0.29) is 24.2 Å². The lowest BCUT2D eigenvalue weighted by atomic mass is 9.91. The third kappa shape index (κ3) is 3.49. The Balaban J connectivity index is 0.00000200. The molecule has 0 bridgehead atoms. The Kier molecular flexibility index (Phi) is 5.53. The summed E-state index contributed by atoms with van der Waals surface area (Å²) in [5.41, 5.74) is 5.69. The summed E-state index contributed by atoms with van der Waals surface area (Å²) in [7, 11) is 0. The molecule has 0 aromatic heterocycles. The van der Waals surface area contributed by atoms with Crippen LogP contribution in [0.4, 0.5) is 0 Å². The van der Waals surface area contributed by atoms with Crippen LogP contribution in [0.2, 0.25) is 0 Å². The van der Waals surface area contributed by atoms with Gasteiger partial charge in [0.2, 0.25) is 11.8 Å². The predicted octanol–water partition coefficient (Wildman–Crippen LogP) is 0.677. The molecule has 2 amide bonds. The zero-order chi connectivity index (χ0) is 13.9. The molecular weight excluding hydrogens is 278 g/mol. The molecule has 6 heteroatoms. The number of carbonyl (C=O) groups is 2. The van der Waals surface area contributed by atoms with Crippen LogP contribution in [0.1, 0.15) is 25.3 Å². The fraction of sp³-hybridized carbons (Fsp3) is 0.429. The van der Waals surface area contributed by atoms with Crippen LogP contribution in [0.15, 0.2) is 30.3 Å². The van der Waals surface area contributed by atoms with E-state index < -0.39 is 11.6 Å². The highest BCUT2D eigenvalue weighted by Gasteiger charge is 2.34. The topological polar surface area (TPSA) is 84.2 Å². The average molecular weight is 298 g/mol. The Hall–Kier alpha value is -1.59. The van der Waals surface area contributed by atoms with Crippen molar-refractivity contribution < 1.29 is 9.59 Å². The Morgan fingerprint density at radius 3 is 2.65 bits per heavy atom. The van der Waals surface area contributed by atoms with Gasteiger partial charge in [0.25, 0.3) is 0 Å². The first-order chi connectivity index (χ1) is 9.01. The van der Waals surface area contributed by atoms with Crippen LogP contribution in [-0.4, -0.2) is 24.4 Å². The van der Waals surface area contributed by atoms with Crippen LogP contribution >= 0.6 is 12.4 Å². The number of nitrogens with one attached hydrogen (secondary N) is 2.